The normalized spacial score (nSPS) is 19.0. The van der Waals surface area contributed by atoms with Crippen LogP contribution in [-0.2, 0) is 6.42 Å². The van der Waals surface area contributed by atoms with E-state index in [0.717, 1.165) is 43.7 Å². The van der Waals surface area contributed by atoms with Crippen LogP contribution in [-0.4, -0.2) is 28.0 Å². The summed E-state index contributed by atoms with van der Waals surface area (Å²) in [5, 5.41) is 0.666. The number of hydrogen-bond donors (Lipinski definition) is 1. The molecule has 2 heterocycles. The highest BCUT2D eigenvalue weighted by Crippen LogP contribution is 2.31. The Morgan fingerprint density at radius 1 is 1.15 bits per heavy atom. The van der Waals surface area contributed by atoms with E-state index in [9.17, 15) is 4.79 Å². The van der Waals surface area contributed by atoms with Crippen LogP contribution in [0.25, 0.3) is 10.9 Å². The van der Waals surface area contributed by atoms with E-state index in [-0.39, 0.29) is 5.56 Å². The Kier molecular flexibility index (Phi) is 4.85. The Morgan fingerprint density at radius 2 is 1.92 bits per heavy atom. The molecule has 1 aromatic heterocycles. The molecular weight excluding hydrogens is 322 g/mol. The van der Waals surface area contributed by atoms with Crippen LogP contribution in [0.15, 0.2) is 59.4 Å². The number of aromatic nitrogens is 2. The molecule has 1 aliphatic heterocycles. The van der Waals surface area contributed by atoms with Crippen molar-refractivity contribution in [3.8, 4) is 0 Å². The van der Waals surface area contributed by atoms with Crippen LogP contribution >= 0.6 is 0 Å². The van der Waals surface area contributed by atoms with Gasteiger partial charge in [-0.05, 0) is 43.0 Å². The molecule has 0 spiro atoms. The first-order valence-electron chi connectivity index (χ1n) is 9.51. The molecule has 1 fully saturated rings. The summed E-state index contributed by atoms with van der Waals surface area (Å²) in [5.74, 6) is 1.35. The smallest absolute Gasteiger partial charge is 0.258 e. The van der Waals surface area contributed by atoms with Crippen LogP contribution in [0.3, 0.4) is 0 Å². The minimum atomic E-state index is -0.0313. The summed E-state index contributed by atoms with van der Waals surface area (Å²) < 4.78 is 0. The number of nitrogens with zero attached hydrogens (tertiary/aromatic N) is 2. The van der Waals surface area contributed by atoms with Crippen molar-refractivity contribution in [3.63, 3.8) is 0 Å². The van der Waals surface area contributed by atoms with E-state index in [1.54, 1.807) is 0 Å². The van der Waals surface area contributed by atoms with Crippen LogP contribution in [0.4, 0.5) is 0 Å². The molecule has 2 aromatic carbocycles. The molecule has 3 aromatic rings. The summed E-state index contributed by atoms with van der Waals surface area (Å²) in [5.41, 5.74) is 2.15. The van der Waals surface area contributed by atoms with Crippen molar-refractivity contribution in [1.29, 1.82) is 0 Å². The van der Waals surface area contributed by atoms with Gasteiger partial charge in [0.25, 0.3) is 5.56 Å². The van der Waals surface area contributed by atoms with Gasteiger partial charge >= 0.3 is 0 Å². The third-order valence-electron chi connectivity index (χ3n) is 5.47. The highest BCUT2D eigenvalue weighted by molar-refractivity contribution is 5.77. The number of nitrogens with one attached hydrogen (secondary N) is 1. The van der Waals surface area contributed by atoms with E-state index in [2.05, 4.69) is 52.1 Å². The average molecular weight is 347 g/mol. The van der Waals surface area contributed by atoms with E-state index in [0.29, 0.717) is 17.3 Å². The monoisotopic (exact) mass is 347 g/mol. The van der Waals surface area contributed by atoms with Crippen molar-refractivity contribution >= 4 is 10.9 Å². The fourth-order valence-electron chi connectivity index (χ4n) is 4.20. The molecule has 4 nitrogen and oxygen atoms in total. The fraction of sp³-hybridized carbons (Fsp3) is 0.364. The molecule has 134 valence electrons. The number of H-pyrrole nitrogens is 1. The lowest BCUT2D eigenvalue weighted by atomic mass is 10.0. The number of para-hydroxylation sites is 1. The van der Waals surface area contributed by atoms with Crippen LogP contribution in [0.2, 0.25) is 0 Å². The van der Waals surface area contributed by atoms with Crippen LogP contribution in [0.1, 0.15) is 37.2 Å². The Hall–Kier alpha value is -2.46. The molecule has 0 bridgehead atoms. The van der Waals surface area contributed by atoms with Gasteiger partial charge in [0.2, 0.25) is 0 Å². The third kappa shape index (κ3) is 3.42. The van der Waals surface area contributed by atoms with E-state index in [1.807, 2.05) is 24.3 Å². The minimum Gasteiger partial charge on any atom is -0.310 e. The van der Waals surface area contributed by atoms with Gasteiger partial charge < -0.3 is 4.98 Å². The summed E-state index contributed by atoms with van der Waals surface area (Å²) in [6.45, 7) is 4.42. The van der Waals surface area contributed by atoms with Gasteiger partial charge in [0.05, 0.1) is 10.9 Å². The molecule has 4 rings (SSSR count). The quantitative estimate of drug-likeness (QED) is 0.760. The fourth-order valence-corrected chi connectivity index (χ4v) is 4.20. The van der Waals surface area contributed by atoms with Crippen molar-refractivity contribution in [2.45, 2.75) is 32.2 Å². The maximum atomic E-state index is 12.3. The highest BCUT2D eigenvalue weighted by atomic mass is 16.1. The molecule has 4 heteroatoms. The minimum absolute atomic E-state index is 0.0313. The third-order valence-corrected chi connectivity index (χ3v) is 5.47. The number of fused-ring (bicyclic) bond motifs is 1. The zero-order valence-corrected chi connectivity index (χ0v) is 15.2. The first-order chi connectivity index (χ1) is 12.7. The van der Waals surface area contributed by atoms with E-state index < -0.39 is 0 Å². The molecule has 1 aliphatic rings. The molecule has 0 amide bonds. The number of rotatable bonds is 5. The van der Waals surface area contributed by atoms with Gasteiger partial charge in [-0.2, -0.15) is 0 Å². The van der Waals surface area contributed by atoms with Crippen molar-refractivity contribution in [3.05, 3.63) is 76.3 Å². The zero-order chi connectivity index (χ0) is 17.9. The first kappa shape index (κ1) is 17.0. The maximum absolute atomic E-state index is 12.3. The van der Waals surface area contributed by atoms with Gasteiger partial charge in [-0.15, -0.1) is 0 Å². The summed E-state index contributed by atoms with van der Waals surface area (Å²) >= 11 is 0. The molecule has 0 aliphatic carbocycles. The number of aromatic amines is 1. The van der Waals surface area contributed by atoms with Gasteiger partial charge in [-0.3, -0.25) is 9.69 Å². The second-order valence-corrected chi connectivity index (χ2v) is 7.22. The second kappa shape index (κ2) is 7.42. The van der Waals surface area contributed by atoms with Gasteiger partial charge in [0, 0.05) is 19.0 Å². The molecule has 0 radical (unpaired) electrons. The lowest BCUT2D eigenvalue weighted by Gasteiger charge is -2.27. The van der Waals surface area contributed by atoms with E-state index in [4.69, 9.17) is 0 Å². The van der Waals surface area contributed by atoms with Gasteiger partial charge in [0.1, 0.15) is 5.82 Å². The zero-order valence-electron chi connectivity index (χ0n) is 15.2. The van der Waals surface area contributed by atoms with Crippen LogP contribution in [0.5, 0.6) is 0 Å². The molecule has 0 saturated carbocycles. The standard InChI is InChI=1S/C22H25N3O/c1-2-20(17-8-4-3-5-9-17)25-13-12-16(15-25)14-21-23-19-11-7-6-10-18(19)22(26)24-21/h3-11,16,20H,2,12-15H2,1H3,(H,23,24,26). The van der Waals surface area contributed by atoms with Gasteiger partial charge in [-0.25, -0.2) is 4.98 Å². The van der Waals surface area contributed by atoms with Crippen molar-refractivity contribution in [2.24, 2.45) is 5.92 Å². The van der Waals surface area contributed by atoms with Crippen LogP contribution in [0, 0.1) is 5.92 Å². The predicted octanol–water partition coefficient (Wildman–Crippen LogP) is 3.94. The maximum Gasteiger partial charge on any atom is 0.258 e. The van der Waals surface area contributed by atoms with Gasteiger partial charge in [0.15, 0.2) is 0 Å². The Labute approximate surface area is 153 Å². The Balaban J connectivity index is 1.48. The molecule has 1 N–H and O–H groups in total. The lowest BCUT2D eigenvalue weighted by molar-refractivity contribution is 0.230. The second-order valence-electron chi connectivity index (χ2n) is 7.22. The summed E-state index contributed by atoms with van der Waals surface area (Å²) in [6.07, 6.45) is 3.10. The average Bonchev–Trinajstić information content (AvgIpc) is 3.11. The van der Waals surface area contributed by atoms with Gasteiger partial charge in [-0.1, -0.05) is 49.4 Å². The Morgan fingerprint density at radius 3 is 2.73 bits per heavy atom. The lowest BCUT2D eigenvalue weighted by Crippen LogP contribution is -2.26. The molecule has 26 heavy (non-hydrogen) atoms. The topological polar surface area (TPSA) is 49.0 Å². The molecule has 1 saturated heterocycles. The number of benzene rings is 2. The summed E-state index contributed by atoms with van der Waals surface area (Å²) in [4.78, 5) is 22.5. The molecule has 2 unspecified atom stereocenters. The van der Waals surface area contributed by atoms with Crippen molar-refractivity contribution in [1.82, 2.24) is 14.9 Å². The Bertz CT molecular complexity index is 935. The van der Waals surface area contributed by atoms with Crippen LogP contribution < -0.4 is 5.56 Å². The number of likely N-dealkylation sites (tertiary alicyclic amines) is 1. The van der Waals surface area contributed by atoms with E-state index in [1.165, 1.54) is 5.56 Å². The predicted molar refractivity (Wildman–Crippen MR) is 105 cm³/mol. The largest absolute Gasteiger partial charge is 0.310 e. The summed E-state index contributed by atoms with van der Waals surface area (Å²) in [7, 11) is 0. The summed E-state index contributed by atoms with van der Waals surface area (Å²) in [6, 6.07) is 18.8. The first-order valence-corrected chi connectivity index (χ1v) is 9.51. The SMILES string of the molecule is CCC(c1ccccc1)N1CCC(Cc2nc3ccccc3c(=O)[nH]2)C1. The molecule has 2 atom stereocenters. The van der Waals surface area contributed by atoms with Crippen molar-refractivity contribution in [2.75, 3.05) is 13.1 Å². The molecular formula is C22H25N3O. The van der Waals surface area contributed by atoms with Crippen molar-refractivity contribution < 1.29 is 0 Å². The highest BCUT2D eigenvalue weighted by Gasteiger charge is 2.28. The van der Waals surface area contributed by atoms with E-state index >= 15 is 0 Å². The number of hydrogen-bond acceptors (Lipinski definition) is 3.